The topological polar surface area (TPSA) is 75.3 Å². The number of aromatic nitrogens is 2. The molecule has 7 heteroatoms. The fourth-order valence-corrected chi connectivity index (χ4v) is 4.45. The molecule has 2 aromatic rings. The molecule has 28 heavy (non-hydrogen) atoms. The molecular weight excluding hydrogens is 374 g/mol. The molecular formula is C21H29N3O3S. The summed E-state index contributed by atoms with van der Waals surface area (Å²) in [4.78, 5) is 33.5. The molecule has 1 aliphatic heterocycles. The van der Waals surface area contributed by atoms with Crippen LogP contribution in [0, 0.1) is 5.92 Å². The third kappa shape index (κ3) is 5.74. The Balaban J connectivity index is 1.40. The van der Waals surface area contributed by atoms with Gasteiger partial charge in [0.05, 0.1) is 10.9 Å². The van der Waals surface area contributed by atoms with Crippen molar-refractivity contribution in [3.8, 4) is 0 Å². The van der Waals surface area contributed by atoms with E-state index in [9.17, 15) is 9.59 Å². The van der Waals surface area contributed by atoms with Gasteiger partial charge in [-0.15, -0.1) is 0 Å². The van der Waals surface area contributed by atoms with Crippen molar-refractivity contribution in [1.29, 1.82) is 0 Å². The van der Waals surface area contributed by atoms with Crippen LogP contribution in [-0.2, 0) is 11.2 Å². The lowest BCUT2D eigenvalue weighted by molar-refractivity contribution is 0.0191. The molecule has 1 amide bonds. The molecule has 3 rings (SSSR count). The van der Waals surface area contributed by atoms with E-state index in [1.165, 1.54) is 0 Å². The van der Waals surface area contributed by atoms with Gasteiger partial charge in [-0.1, -0.05) is 12.1 Å². The molecule has 6 nitrogen and oxygen atoms in total. The van der Waals surface area contributed by atoms with Gasteiger partial charge in [-0.25, -0.2) is 9.78 Å². The third-order valence-corrected chi connectivity index (χ3v) is 5.96. The van der Waals surface area contributed by atoms with Crippen molar-refractivity contribution in [2.24, 2.45) is 5.92 Å². The van der Waals surface area contributed by atoms with Gasteiger partial charge in [-0.2, -0.15) is 11.8 Å². The number of carbonyl (C=O) groups excluding carboxylic acids is 1. The Kier molecular flexibility index (Phi) is 6.65. The lowest BCUT2D eigenvalue weighted by Crippen LogP contribution is -2.42. The van der Waals surface area contributed by atoms with E-state index >= 15 is 0 Å². The smallest absolute Gasteiger partial charge is 0.410 e. The first-order valence-electron chi connectivity index (χ1n) is 9.85. The third-order valence-electron chi connectivity index (χ3n) is 4.76. The summed E-state index contributed by atoms with van der Waals surface area (Å²) in [6.07, 6.45) is 2.57. The number of nitrogens with one attached hydrogen (secondary N) is 1. The molecule has 152 valence electrons. The van der Waals surface area contributed by atoms with E-state index in [4.69, 9.17) is 4.74 Å². The molecule has 0 unspecified atom stereocenters. The summed E-state index contributed by atoms with van der Waals surface area (Å²) in [5.74, 6) is 3.36. The van der Waals surface area contributed by atoms with Gasteiger partial charge in [0.25, 0.3) is 5.56 Å². The minimum absolute atomic E-state index is 0.0693. The molecule has 0 aliphatic carbocycles. The van der Waals surface area contributed by atoms with Crippen LogP contribution >= 0.6 is 11.8 Å². The molecule has 0 bridgehead atoms. The van der Waals surface area contributed by atoms with Crippen molar-refractivity contribution in [3.63, 3.8) is 0 Å². The van der Waals surface area contributed by atoms with Crippen molar-refractivity contribution >= 4 is 28.8 Å². The highest BCUT2D eigenvalue weighted by molar-refractivity contribution is 7.99. The normalized spacial score (nSPS) is 15.8. The zero-order valence-corrected chi connectivity index (χ0v) is 17.7. The lowest BCUT2D eigenvalue weighted by atomic mass is 9.99. The van der Waals surface area contributed by atoms with Crippen LogP contribution in [-0.4, -0.2) is 51.2 Å². The number of rotatable bonds is 5. The van der Waals surface area contributed by atoms with Crippen LogP contribution in [0.25, 0.3) is 10.9 Å². The monoisotopic (exact) mass is 403 g/mol. The maximum absolute atomic E-state index is 12.1. The summed E-state index contributed by atoms with van der Waals surface area (Å²) >= 11 is 1.89. The molecule has 1 N–H and O–H groups in total. The number of carbonyl (C=O) groups is 1. The van der Waals surface area contributed by atoms with E-state index in [1.54, 1.807) is 6.07 Å². The molecule has 0 atom stereocenters. The number of piperidine rings is 1. The van der Waals surface area contributed by atoms with Gasteiger partial charge >= 0.3 is 6.09 Å². The molecule has 1 aliphatic rings. The second kappa shape index (κ2) is 8.99. The van der Waals surface area contributed by atoms with Crippen molar-refractivity contribution in [2.45, 2.75) is 45.6 Å². The molecule has 2 heterocycles. The highest BCUT2D eigenvalue weighted by Gasteiger charge is 2.26. The second-order valence-electron chi connectivity index (χ2n) is 8.27. The molecule has 1 fully saturated rings. The van der Waals surface area contributed by atoms with Crippen molar-refractivity contribution in [1.82, 2.24) is 14.9 Å². The van der Waals surface area contributed by atoms with Gasteiger partial charge in [0.15, 0.2) is 0 Å². The van der Waals surface area contributed by atoms with Gasteiger partial charge in [-0.3, -0.25) is 4.79 Å². The fraction of sp³-hybridized carbons (Fsp3) is 0.571. The average Bonchev–Trinajstić information content (AvgIpc) is 2.64. The first-order valence-corrected chi connectivity index (χ1v) is 11.0. The van der Waals surface area contributed by atoms with Crippen molar-refractivity contribution < 1.29 is 9.53 Å². The van der Waals surface area contributed by atoms with E-state index in [2.05, 4.69) is 9.97 Å². The van der Waals surface area contributed by atoms with E-state index in [1.807, 2.05) is 55.6 Å². The predicted octanol–water partition coefficient (Wildman–Crippen LogP) is 3.85. The maximum Gasteiger partial charge on any atom is 0.410 e. The number of ether oxygens (including phenoxy) is 1. The predicted molar refractivity (Wildman–Crippen MR) is 114 cm³/mol. The van der Waals surface area contributed by atoms with Crippen molar-refractivity contribution in [3.05, 3.63) is 40.4 Å². The number of thioether (sulfide) groups is 1. The molecule has 1 saturated heterocycles. The molecule has 0 radical (unpaired) electrons. The highest BCUT2D eigenvalue weighted by atomic mass is 32.2. The van der Waals surface area contributed by atoms with Crippen LogP contribution in [0.2, 0.25) is 0 Å². The van der Waals surface area contributed by atoms with E-state index < -0.39 is 5.60 Å². The van der Waals surface area contributed by atoms with Crippen molar-refractivity contribution in [2.75, 3.05) is 24.6 Å². The Labute approximate surface area is 170 Å². The minimum atomic E-state index is -0.443. The van der Waals surface area contributed by atoms with Crippen LogP contribution in [0.15, 0.2) is 29.1 Å². The summed E-state index contributed by atoms with van der Waals surface area (Å²) in [5.41, 5.74) is 0.238. The molecule has 1 aromatic heterocycles. The van der Waals surface area contributed by atoms with Gasteiger partial charge in [0.1, 0.15) is 11.4 Å². The van der Waals surface area contributed by atoms with Crippen LogP contribution in [0.1, 0.15) is 39.4 Å². The number of H-pyrrole nitrogens is 1. The van der Waals surface area contributed by atoms with Gasteiger partial charge in [-0.05, 0) is 57.4 Å². The molecule has 1 aromatic carbocycles. The van der Waals surface area contributed by atoms with Gasteiger partial charge in [0.2, 0.25) is 0 Å². The van der Waals surface area contributed by atoms with E-state index in [-0.39, 0.29) is 11.7 Å². The highest BCUT2D eigenvalue weighted by Crippen LogP contribution is 2.23. The van der Waals surface area contributed by atoms with Crippen LogP contribution in [0.4, 0.5) is 4.79 Å². The van der Waals surface area contributed by atoms with E-state index in [0.29, 0.717) is 11.3 Å². The zero-order chi connectivity index (χ0) is 20.1. The Hall–Kier alpha value is -2.02. The molecule has 0 saturated carbocycles. The number of aryl methyl sites for hydroxylation is 1. The van der Waals surface area contributed by atoms with Crippen LogP contribution < -0.4 is 5.56 Å². The first-order chi connectivity index (χ1) is 13.3. The van der Waals surface area contributed by atoms with E-state index in [0.717, 1.165) is 55.2 Å². The van der Waals surface area contributed by atoms with Crippen LogP contribution in [0.3, 0.4) is 0 Å². The Morgan fingerprint density at radius 3 is 2.71 bits per heavy atom. The first kappa shape index (κ1) is 20.7. The fourth-order valence-electron chi connectivity index (χ4n) is 3.28. The van der Waals surface area contributed by atoms with Gasteiger partial charge in [0, 0.05) is 25.3 Å². The summed E-state index contributed by atoms with van der Waals surface area (Å²) in [6, 6.07) is 7.42. The number of fused-ring (bicyclic) bond motifs is 1. The summed E-state index contributed by atoms with van der Waals surface area (Å²) < 4.78 is 5.45. The Bertz CT molecular complexity index is 867. The number of hydrogen-bond acceptors (Lipinski definition) is 5. The largest absolute Gasteiger partial charge is 0.444 e. The Morgan fingerprint density at radius 1 is 1.29 bits per heavy atom. The summed E-state index contributed by atoms with van der Waals surface area (Å²) in [6.45, 7) is 7.21. The SMILES string of the molecule is CC(C)(C)OC(=O)N1CCC(CSCCc2nc3ccccc3c(=O)[nH]2)CC1. The standard InChI is InChI=1S/C21H29N3O3S/c1-21(2,3)27-20(26)24-11-8-15(9-12-24)14-28-13-10-18-22-17-7-5-4-6-16(17)19(25)23-18/h4-7,15H,8-14H2,1-3H3,(H,22,23,25). The number of benzene rings is 1. The average molecular weight is 404 g/mol. The minimum Gasteiger partial charge on any atom is -0.444 e. The number of hydrogen-bond donors (Lipinski definition) is 1. The Morgan fingerprint density at radius 2 is 2.00 bits per heavy atom. The number of nitrogens with zero attached hydrogens (tertiary/aromatic N) is 2. The quantitative estimate of drug-likeness (QED) is 0.768. The molecule has 0 spiro atoms. The summed E-state index contributed by atoms with van der Waals surface area (Å²) in [7, 11) is 0. The number of amides is 1. The number of likely N-dealkylation sites (tertiary alicyclic amines) is 1. The maximum atomic E-state index is 12.1. The van der Waals surface area contributed by atoms with Crippen LogP contribution in [0.5, 0.6) is 0 Å². The second-order valence-corrected chi connectivity index (χ2v) is 9.42. The number of aromatic amines is 1. The lowest BCUT2D eigenvalue weighted by Gasteiger charge is -2.33. The zero-order valence-electron chi connectivity index (χ0n) is 16.9. The van der Waals surface area contributed by atoms with Gasteiger partial charge < -0.3 is 14.6 Å². The summed E-state index contributed by atoms with van der Waals surface area (Å²) in [5, 5.41) is 0.635. The number of para-hydroxylation sites is 1.